The number of amides is 1. The molecule has 138 valence electrons. The van der Waals surface area contributed by atoms with Crippen molar-refractivity contribution >= 4 is 11.6 Å². The maximum atomic E-state index is 12.6. The van der Waals surface area contributed by atoms with Gasteiger partial charge in [-0.3, -0.25) is 9.78 Å². The lowest BCUT2D eigenvalue weighted by molar-refractivity contribution is 0.102. The number of benzene rings is 2. The second-order valence-electron chi connectivity index (χ2n) is 8.02. The van der Waals surface area contributed by atoms with Crippen LogP contribution in [0.4, 0.5) is 5.69 Å². The Morgan fingerprint density at radius 3 is 2.33 bits per heavy atom. The summed E-state index contributed by atoms with van der Waals surface area (Å²) >= 11 is 0. The number of nitrogens with zero attached hydrogens (tertiary/aromatic N) is 1. The van der Waals surface area contributed by atoms with Crippen LogP contribution in [0.3, 0.4) is 0 Å². The molecule has 1 amide bonds. The van der Waals surface area contributed by atoms with Gasteiger partial charge >= 0.3 is 0 Å². The number of rotatable bonds is 3. The minimum Gasteiger partial charge on any atom is -0.322 e. The van der Waals surface area contributed by atoms with Crippen LogP contribution >= 0.6 is 0 Å². The van der Waals surface area contributed by atoms with E-state index in [2.05, 4.69) is 69.2 Å². The maximum absolute atomic E-state index is 12.6. The van der Waals surface area contributed by atoms with Gasteiger partial charge in [-0.25, -0.2) is 0 Å². The summed E-state index contributed by atoms with van der Waals surface area (Å²) in [7, 11) is 0. The highest BCUT2D eigenvalue weighted by Crippen LogP contribution is 2.25. The number of carbonyl (C=O) groups is 1. The van der Waals surface area contributed by atoms with Crippen molar-refractivity contribution in [3.8, 4) is 11.3 Å². The molecule has 3 nitrogen and oxygen atoms in total. The molecule has 27 heavy (non-hydrogen) atoms. The summed E-state index contributed by atoms with van der Waals surface area (Å²) < 4.78 is 0. The highest BCUT2D eigenvalue weighted by atomic mass is 16.1. The highest BCUT2D eigenvalue weighted by molar-refractivity contribution is 6.04. The molecule has 0 unspecified atom stereocenters. The van der Waals surface area contributed by atoms with Crippen molar-refractivity contribution in [1.29, 1.82) is 0 Å². The molecule has 1 heterocycles. The normalized spacial score (nSPS) is 11.3. The highest BCUT2D eigenvalue weighted by Gasteiger charge is 2.14. The van der Waals surface area contributed by atoms with E-state index in [0.717, 1.165) is 16.9 Å². The molecule has 0 aliphatic heterocycles. The molecule has 0 fully saturated rings. The van der Waals surface area contributed by atoms with Gasteiger partial charge in [0.05, 0.1) is 11.3 Å². The molecule has 3 rings (SSSR count). The summed E-state index contributed by atoms with van der Waals surface area (Å²) in [6.07, 6.45) is 1.63. The molecule has 0 aliphatic carbocycles. The van der Waals surface area contributed by atoms with Gasteiger partial charge in [0.15, 0.2) is 0 Å². The van der Waals surface area contributed by atoms with Crippen LogP contribution in [0, 0.1) is 13.8 Å². The van der Waals surface area contributed by atoms with Crippen LogP contribution in [0.2, 0.25) is 0 Å². The molecule has 0 spiro atoms. The van der Waals surface area contributed by atoms with E-state index in [4.69, 9.17) is 0 Å². The topological polar surface area (TPSA) is 42.0 Å². The summed E-state index contributed by atoms with van der Waals surface area (Å²) in [5.41, 5.74) is 6.98. The number of nitrogens with one attached hydrogen (secondary N) is 1. The minimum atomic E-state index is -0.153. The molecule has 3 aromatic rings. The third-order valence-electron chi connectivity index (χ3n) is 4.81. The number of aryl methyl sites for hydroxylation is 2. The van der Waals surface area contributed by atoms with Gasteiger partial charge in [-0.05, 0) is 66.3 Å². The molecule has 0 bridgehead atoms. The average molecular weight is 358 g/mol. The molecule has 1 N–H and O–H groups in total. The molecule has 0 saturated heterocycles. The molecular weight excluding hydrogens is 332 g/mol. The first-order valence-electron chi connectivity index (χ1n) is 9.19. The second kappa shape index (κ2) is 7.36. The van der Waals surface area contributed by atoms with Crippen LogP contribution in [0.5, 0.6) is 0 Å². The van der Waals surface area contributed by atoms with E-state index < -0.39 is 0 Å². The average Bonchev–Trinajstić information content (AvgIpc) is 2.63. The fourth-order valence-electron chi connectivity index (χ4n) is 2.87. The Morgan fingerprint density at radius 1 is 0.926 bits per heavy atom. The summed E-state index contributed by atoms with van der Waals surface area (Å²) in [4.78, 5) is 17.0. The molecule has 0 radical (unpaired) electrons. The Labute approximate surface area is 161 Å². The van der Waals surface area contributed by atoms with E-state index in [1.165, 1.54) is 16.7 Å². The van der Waals surface area contributed by atoms with E-state index in [1.807, 2.05) is 30.3 Å². The van der Waals surface area contributed by atoms with E-state index in [1.54, 1.807) is 6.20 Å². The van der Waals surface area contributed by atoms with Gasteiger partial charge in [-0.2, -0.15) is 0 Å². The van der Waals surface area contributed by atoms with Gasteiger partial charge in [-0.1, -0.05) is 45.0 Å². The zero-order valence-corrected chi connectivity index (χ0v) is 16.6. The first-order chi connectivity index (χ1) is 12.7. The summed E-state index contributed by atoms with van der Waals surface area (Å²) in [6.45, 7) is 10.6. The molecule has 2 aromatic carbocycles. The van der Waals surface area contributed by atoms with Crippen molar-refractivity contribution < 1.29 is 4.79 Å². The summed E-state index contributed by atoms with van der Waals surface area (Å²) in [5.74, 6) is -0.153. The predicted molar refractivity (Wildman–Crippen MR) is 112 cm³/mol. The van der Waals surface area contributed by atoms with E-state index in [0.29, 0.717) is 5.56 Å². The van der Waals surface area contributed by atoms with Gasteiger partial charge in [-0.15, -0.1) is 0 Å². The van der Waals surface area contributed by atoms with Gasteiger partial charge in [0.2, 0.25) is 0 Å². The van der Waals surface area contributed by atoms with Crippen molar-refractivity contribution in [3.05, 3.63) is 83.0 Å². The molecule has 3 heteroatoms. The fraction of sp³-hybridized carbons (Fsp3) is 0.250. The van der Waals surface area contributed by atoms with Crippen molar-refractivity contribution in [2.75, 3.05) is 5.32 Å². The van der Waals surface area contributed by atoms with E-state index >= 15 is 0 Å². The van der Waals surface area contributed by atoms with E-state index in [-0.39, 0.29) is 11.3 Å². The summed E-state index contributed by atoms with van der Waals surface area (Å²) in [5, 5.41) is 2.97. The Balaban J connectivity index is 1.77. The predicted octanol–water partition coefficient (Wildman–Crippen LogP) is 5.92. The lowest BCUT2D eigenvalue weighted by Gasteiger charge is -2.19. The zero-order chi connectivity index (χ0) is 19.6. The molecule has 0 aliphatic rings. The van der Waals surface area contributed by atoms with Gasteiger partial charge in [0, 0.05) is 17.4 Å². The first-order valence-corrected chi connectivity index (χ1v) is 9.19. The van der Waals surface area contributed by atoms with Crippen molar-refractivity contribution in [1.82, 2.24) is 4.98 Å². The standard InChI is InChI=1S/C24H26N2O/c1-16-9-10-18(13-17(16)2)22-12-11-19(15-25-22)23(27)26-21-8-6-7-20(14-21)24(3,4)5/h6-15H,1-5H3,(H,26,27). The third kappa shape index (κ3) is 4.43. The molecule has 0 saturated carbocycles. The Morgan fingerprint density at radius 2 is 1.70 bits per heavy atom. The van der Waals surface area contributed by atoms with Crippen molar-refractivity contribution in [2.45, 2.75) is 40.0 Å². The SMILES string of the molecule is Cc1ccc(-c2ccc(C(=O)Nc3cccc(C(C)(C)C)c3)cn2)cc1C. The van der Waals surface area contributed by atoms with E-state index in [9.17, 15) is 4.79 Å². The van der Waals surface area contributed by atoms with Crippen molar-refractivity contribution in [3.63, 3.8) is 0 Å². The zero-order valence-electron chi connectivity index (χ0n) is 16.6. The third-order valence-corrected chi connectivity index (χ3v) is 4.81. The van der Waals surface area contributed by atoms with Gasteiger partial charge < -0.3 is 5.32 Å². The van der Waals surface area contributed by atoms with Gasteiger partial charge in [0.1, 0.15) is 0 Å². The van der Waals surface area contributed by atoms with Gasteiger partial charge in [0.25, 0.3) is 5.91 Å². The number of anilines is 1. The first kappa shape index (κ1) is 18.8. The van der Waals surface area contributed by atoms with Crippen LogP contribution in [0.15, 0.2) is 60.8 Å². The second-order valence-corrected chi connectivity index (χ2v) is 8.02. The van der Waals surface area contributed by atoms with Crippen LogP contribution in [-0.2, 0) is 5.41 Å². The van der Waals surface area contributed by atoms with Crippen LogP contribution in [0.1, 0.15) is 47.8 Å². The Hall–Kier alpha value is -2.94. The lowest BCUT2D eigenvalue weighted by atomic mass is 9.87. The quantitative estimate of drug-likeness (QED) is 0.632. The number of pyridine rings is 1. The van der Waals surface area contributed by atoms with Crippen LogP contribution < -0.4 is 5.32 Å². The molecule has 1 aromatic heterocycles. The Bertz CT molecular complexity index is 966. The molecule has 0 atom stereocenters. The number of aromatic nitrogens is 1. The molecular formula is C24H26N2O. The van der Waals surface area contributed by atoms with Crippen LogP contribution in [-0.4, -0.2) is 10.9 Å². The van der Waals surface area contributed by atoms with Crippen molar-refractivity contribution in [2.24, 2.45) is 0 Å². The maximum Gasteiger partial charge on any atom is 0.257 e. The monoisotopic (exact) mass is 358 g/mol. The largest absolute Gasteiger partial charge is 0.322 e. The lowest BCUT2D eigenvalue weighted by Crippen LogP contribution is -2.14. The summed E-state index contributed by atoms with van der Waals surface area (Å²) in [6, 6.07) is 18.0. The number of hydrogen-bond acceptors (Lipinski definition) is 2. The number of hydrogen-bond donors (Lipinski definition) is 1. The fourth-order valence-corrected chi connectivity index (χ4v) is 2.87. The smallest absolute Gasteiger partial charge is 0.257 e. The Kier molecular flexibility index (Phi) is 5.13. The minimum absolute atomic E-state index is 0.0378. The van der Waals surface area contributed by atoms with Crippen LogP contribution in [0.25, 0.3) is 11.3 Å². The number of carbonyl (C=O) groups excluding carboxylic acids is 1.